The van der Waals surface area contributed by atoms with Crippen molar-refractivity contribution >= 4 is 21.7 Å². The Bertz CT molecular complexity index is 203. The van der Waals surface area contributed by atoms with Gasteiger partial charge in [0.15, 0.2) is 0 Å². The van der Waals surface area contributed by atoms with E-state index in [1.807, 2.05) is 0 Å². The zero-order chi connectivity index (χ0) is 14.3. The molecule has 0 N–H and O–H groups in total. The van der Waals surface area contributed by atoms with E-state index >= 15 is 0 Å². The number of carbonyl (C=O) groups excluding carboxylic acids is 1. The highest BCUT2D eigenvalue weighted by Gasteiger charge is 2.07. The topological polar surface area (TPSA) is 17.1 Å². The highest BCUT2D eigenvalue weighted by atomic mass is 79.9. The fraction of sp³-hybridized carbons (Fsp3) is 0.941. The SMILES string of the molecule is CCCCCCCCCCCCCCC(Br)C(C)=O. The van der Waals surface area contributed by atoms with Gasteiger partial charge in [-0.2, -0.15) is 0 Å². The third kappa shape index (κ3) is 14.4. The van der Waals surface area contributed by atoms with E-state index in [9.17, 15) is 4.79 Å². The van der Waals surface area contributed by atoms with Crippen LogP contribution in [0.4, 0.5) is 0 Å². The Hall–Kier alpha value is 0.150. The molecule has 114 valence electrons. The van der Waals surface area contributed by atoms with E-state index < -0.39 is 0 Å². The normalized spacial score (nSPS) is 12.6. The van der Waals surface area contributed by atoms with E-state index in [0.717, 1.165) is 6.42 Å². The molecule has 0 amide bonds. The number of hydrogen-bond acceptors (Lipinski definition) is 1. The average Bonchev–Trinajstić information content (AvgIpc) is 2.39. The van der Waals surface area contributed by atoms with E-state index in [4.69, 9.17) is 0 Å². The van der Waals surface area contributed by atoms with Crippen LogP contribution in [0.2, 0.25) is 0 Å². The summed E-state index contributed by atoms with van der Waals surface area (Å²) in [4.78, 5) is 11.1. The minimum Gasteiger partial charge on any atom is -0.299 e. The first kappa shape index (κ1) is 19.1. The van der Waals surface area contributed by atoms with Crippen LogP contribution in [0.1, 0.15) is 97.3 Å². The predicted molar refractivity (Wildman–Crippen MR) is 89.1 cm³/mol. The van der Waals surface area contributed by atoms with Crippen LogP contribution in [0.5, 0.6) is 0 Å². The molecule has 0 aromatic rings. The zero-order valence-electron chi connectivity index (χ0n) is 13.1. The van der Waals surface area contributed by atoms with Crippen LogP contribution in [0.15, 0.2) is 0 Å². The van der Waals surface area contributed by atoms with Crippen molar-refractivity contribution in [2.45, 2.75) is 102 Å². The van der Waals surface area contributed by atoms with Crippen molar-refractivity contribution in [1.29, 1.82) is 0 Å². The first-order valence-electron chi connectivity index (χ1n) is 8.33. The molecule has 0 saturated heterocycles. The average molecular weight is 333 g/mol. The van der Waals surface area contributed by atoms with Gasteiger partial charge in [-0.25, -0.2) is 0 Å². The van der Waals surface area contributed by atoms with Gasteiger partial charge in [0.05, 0.1) is 4.83 Å². The first-order chi connectivity index (χ1) is 9.18. The third-order valence-electron chi connectivity index (χ3n) is 3.75. The first-order valence-corrected chi connectivity index (χ1v) is 9.24. The third-order valence-corrected chi connectivity index (χ3v) is 4.85. The summed E-state index contributed by atoms with van der Waals surface area (Å²) in [7, 11) is 0. The summed E-state index contributed by atoms with van der Waals surface area (Å²) in [5.74, 6) is 0.267. The van der Waals surface area contributed by atoms with Gasteiger partial charge in [0.1, 0.15) is 5.78 Å². The molecule has 1 atom stereocenters. The number of hydrogen-bond donors (Lipinski definition) is 0. The molecule has 1 unspecified atom stereocenters. The Morgan fingerprint density at radius 2 is 1.16 bits per heavy atom. The summed E-state index contributed by atoms with van der Waals surface area (Å²) in [6, 6.07) is 0. The van der Waals surface area contributed by atoms with Crippen molar-refractivity contribution in [2.75, 3.05) is 0 Å². The van der Waals surface area contributed by atoms with Gasteiger partial charge in [0, 0.05) is 0 Å². The highest BCUT2D eigenvalue weighted by Crippen LogP contribution is 2.15. The lowest BCUT2D eigenvalue weighted by atomic mass is 10.0. The second-order valence-electron chi connectivity index (χ2n) is 5.76. The van der Waals surface area contributed by atoms with Crippen molar-refractivity contribution in [3.63, 3.8) is 0 Å². The molecule has 19 heavy (non-hydrogen) atoms. The van der Waals surface area contributed by atoms with Crippen LogP contribution in [0, 0.1) is 0 Å². The van der Waals surface area contributed by atoms with Crippen LogP contribution >= 0.6 is 15.9 Å². The number of rotatable bonds is 14. The van der Waals surface area contributed by atoms with E-state index in [1.165, 1.54) is 77.0 Å². The molecule has 0 aliphatic heterocycles. The van der Waals surface area contributed by atoms with Crippen molar-refractivity contribution in [3.05, 3.63) is 0 Å². The summed E-state index contributed by atoms with van der Waals surface area (Å²) in [6.45, 7) is 3.94. The molecule has 0 aromatic carbocycles. The van der Waals surface area contributed by atoms with Crippen molar-refractivity contribution in [1.82, 2.24) is 0 Å². The molecule has 0 heterocycles. The molecular weight excluding hydrogens is 300 g/mol. The monoisotopic (exact) mass is 332 g/mol. The largest absolute Gasteiger partial charge is 0.299 e. The predicted octanol–water partition coefficient (Wildman–Crippen LogP) is 6.43. The second kappa shape index (κ2) is 14.6. The highest BCUT2D eigenvalue weighted by molar-refractivity contribution is 9.10. The number of carbonyl (C=O) groups is 1. The Labute approximate surface area is 129 Å². The van der Waals surface area contributed by atoms with E-state index in [0.29, 0.717) is 0 Å². The minimum atomic E-state index is 0.0932. The maximum Gasteiger partial charge on any atom is 0.143 e. The molecule has 0 rings (SSSR count). The van der Waals surface area contributed by atoms with E-state index in [2.05, 4.69) is 22.9 Å². The number of halogens is 1. The van der Waals surface area contributed by atoms with Crippen LogP contribution in [0.3, 0.4) is 0 Å². The van der Waals surface area contributed by atoms with Crippen LogP contribution in [0.25, 0.3) is 0 Å². The van der Waals surface area contributed by atoms with Gasteiger partial charge in [-0.3, -0.25) is 4.79 Å². The standard InChI is InChI=1S/C17H33BrO/c1-3-4-5-6-7-8-9-10-11-12-13-14-15-17(18)16(2)19/h17H,3-15H2,1-2H3. The summed E-state index contributed by atoms with van der Waals surface area (Å²) in [5, 5.41) is 0. The fourth-order valence-electron chi connectivity index (χ4n) is 2.37. The molecule has 2 heteroatoms. The van der Waals surface area contributed by atoms with Gasteiger partial charge in [-0.05, 0) is 13.3 Å². The molecule has 0 saturated carbocycles. The van der Waals surface area contributed by atoms with Gasteiger partial charge >= 0.3 is 0 Å². The molecule has 1 nitrogen and oxygen atoms in total. The smallest absolute Gasteiger partial charge is 0.143 e. The van der Waals surface area contributed by atoms with Crippen LogP contribution in [-0.4, -0.2) is 10.6 Å². The van der Waals surface area contributed by atoms with Gasteiger partial charge < -0.3 is 0 Å². The zero-order valence-corrected chi connectivity index (χ0v) is 14.6. The van der Waals surface area contributed by atoms with Crippen molar-refractivity contribution in [3.8, 4) is 0 Å². The summed E-state index contributed by atoms with van der Waals surface area (Å²) < 4.78 is 0. The molecule has 0 aliphatic rings. The van der Waals surface area contributed by atoms with E-state index in [1.54, 1.807) is 6.92 Å². The quantitative estimate of drug-likeness (QED) is 0.264. The lowest BCUT2D eigenvalue weighted by Gasteiger charge is -2.05. The number of ketones is 1. The Kier molecular flexibility index (Phi) is 14.7. The molecular formula is C17H33BrO. The number of alkyl halides is 1. The summed E-state index contributed by atoms with van der Waals surface area (Å²) in [5.41, 5.74) is 0. The number of Topliss-reactive ketones (excluding diaryl/α,β-unsaturated/α-hetero) is 1. The maximum absolute atomic E-state index is 11.0. The Morgan fingerprint density at radius 3 is 1.53 bits per heavy atom. The Balaban J connectivity index is 3.05. The van der Waals surface area contributed by atoms with Crippen molar-refractivity contribution in [2.24, 2.45) is 0 Å². The van der Waals surface area contributed by atoms with Gasteiger partial charge in [0.25, 0.3) is 0 Å². The summed E-state index contributed by atoms with van der Waals surface area (Å²) in [6.07, 6.45) is 17.5. The molecule has 0 radical (unpaired) electrons. The van der Waals surface area contributed by atoms with E-state index in [-0.39, 0.29) is 10.6 Å². The second-order valence-corrected chi connectivity index (χ2v) is 6.86. The molecule has 0 aromatic heterocycles. The van der Waals surface area contributed by atoms with Crippen LogP contribution in [-0.2, 0) is 4.79 Å². The molecule has 0 spiro atoms. The van der Waals surface area contributed by atoms with Crippen LogP contribution < -0.4 is 0 Å². The van der Waals surface area contributed by atoms with Gasteiger partial charge in [0.2, 0.25) is 0 Å². The lowest BCUT2D eigenvalue weighted by molar-refractivity contribution is -0.116. The summed E-state index contributed by atoms with van der Waals surface area (Å²) >= 11 is 3.42. The lowest BCUT2D eigenvalue weighted by Crippen LogP contribution is -2.08. The van der Waals surface area contributed by atoms with Gasteiger partial charge in [-0.1, -0.05) is 99.9 Å². The molecule has 0 fully saturated rings. The van der Waals surface area contributed by atoms with Crippen molar-refractivity contribution < 1.29 is 4.79 Å². The maximum atomic E-state index is 11.0. The van der Waals surface area contributed by atoms with Gasteiger partial charge in [-0.15, -0.1) is 0 Å². The minimum absolute atomic E-state index is 0.0932. The fourth-order valence-corrected chi connectivity index (χ4v) is 2.69. The molecule has 0 bridgehead atoms. The Morgan fingerprint density at radius 1 is 0.789 bits per heavy atom. The number of unbranched alkanes of at least 4 members (excludes halogenated alkanes) is 11. The molecule has 0 aliphatic carbocycles.